The van der Waals surface area contributed by atoms with Gasteiger partial charge in [-0.25, -0.2) is 18.9 Å². The maximum Gasteiger partial charge on any atom is 0.240 e. The zero-order chi connectivity index (χ0) is 21.7. The van der Waals surface area contributed by atoms with Gasteiger partial charge in [0.05, 0.1) is 17.6 Å². The summed E-state index contributed by atoms with van der Waals surface area (Å²) in [5.74, 6) is 0.881. The van der Waals surface area contributed by atoms with Crippen LogP contribution in [0.4, 0.5) is 10.2 Å². The fourth-order valence-corrected chi connectivity index (χ4v) is 4.18. The monoisotopic (exact) mass is 419 g/mol. The van der Waals surface area contributed by atoms with Crippen LogP contribution in [0.3, 0.4) is 0 Å². The minimum Gasteiger partial charge on any atom is -0.368 e. The van der Waals surface area contributed by atoms with E-state index in [1.54, 1.807) is 16.6 Å². The van der Waals surface area contributed by atoms with Crippen molar-refractivity contribution in [2.24, 2.45) is 12.8 Å². The second-order valence-electron chi connectivity index (χ2n) is 7.80. The SMILES string of the molecule is Cc1nc(-c2ccc(F)cc2)c(-c2ccc3nc(N4CCC[C@H]4C(N)=O)cn3n2)n1C. The van der Waals surface area contributed by atoms with Gasteiger partial charge in [-0.3, -0.25) is 4.79 Å². The van der Waals surface area contributed by atoms with Crippen molar-refractivity contribution in [2.45, 2.75) is 25.8 Å². The molecule has 0 bridgehead atoms. The average Bonchev–Trinajstić information content (AvgIpc) is 3.45. The molecule has 5 rings (SSSR count). The molecule has 0 radical (unpaired) electrons. The summed E-state index contributed by atoms with van der Waals surface area (Å²) >= 11 is 0. The molecule has 3 aromatic heterocycles. The number of aromatic nitrogens is 5. The van der Waals surface area contributed by atoms with E-state index in [1.807, 2.05) is 41.8 Å². The molecular formula is C22H22FN7O. The van der Waals surface area contributed by atoms with E-state index in [-0.39, 0.29) is 17.8 Å². The van der Waals surface area contributed by atoms with E-state index < -0.39 is 0 Å². The molecule has 9 heteroatoms. The number of halogens is 1. The fourth-order valence-electron chi connectivity index (χ4n) is 4.18. The highest BCUT2D eigenvalue weighted by molar-refractivity contribution is 5.84. The number of imidazole rings is 2. The number of rotatable bonds is 4. The topological polar surface area (TPSA) is 94.3 Å². The second kappa shape index (κ2) is 7.19. The molecule has 1 aliphatic heterocycles. The molecular weight excluding hydrogens is 397 g/mol. The number of amides is 1. The van der Waals surface area contributed by atoms with Crippen molar-refractivity contribution >= 4 is 17.4 Å². The van der Waals surface area contributed by atoms with Gasteiger partial charge in [-0.15, -0.1) is 0 Å². The summed E-state index contributed by atoms with van der Waals surface area (Å²) in [6.45, 7) is 2.65. The highest BCUT2D eigenvalue weighted by Crippen LogP contribution is 2.32. The molecule has 8 nitrogen and oxygen atoms in total. The summed E-state index contributed by atoms with van der Waals surface area (Å²) in [4.78, 5) is 23.0. The normalized spacial score (nSPS) is 16.4. The number of primary amides is 1. The van der Waals surface area contributed by atoms with Crippen LogP contribution >= 0.6 is 0 Å². The number of hydrogen-bond acceptors (Lipinski definition) is 5. The minimum atomic E-state index is -0.339. The van der Waals surface area contributed by atoms with Crippen LogP contribution in [0.25, 0.3) is 28.3 Å². The van der Waals surface area contributed by atoms with E-state index in [9.17, 15) is 9.18 Å². The van der Waals surface area contributed by atoms with Crippen molar-refractivity contribution in [3.05, 3.63) is 54.2 Å². The number of carbonyl (C=O) groups excluding carboxylic acids is 1. The lowest BCUT2D eigenvalue weighted by Gasteiger charge is -2.21. The van der Waals surface area contributed by atoms with Crippen LogP contribution in [0, 0.1) is 12.7 Å². The Morgan fingerprint density at radius 1 is 1.16 bits per heavy atom. The van der Waals surface area contributed by atoms with Crippen LogP contribution in [0.1, 0.15) is 18.7 Å². The highest BCUT2D eigenvalue weighted by atomic mass is 19.1. The largest absolute Gasteiger partial charge is 0.368 e. The van der Waals surface area contributed by atoms with Crippen LogP contribution in [0.5, 0.6) is 0 Å². The van der Waals surface area contributed by atoms with Crippen molar-refractivity contribution in [3.63, 3.8) is 0 Å². The maximum atomic E-state index is 13.4. The van der Waals surface area contributed by atoms with Crippen LogP contribution in [-0.2, 0) is 11.8 Å². The number of benzene rings is 1. The van der Waals surface area contributed by atoms with Crippen LogP contribution in [-0.4, -0.2) is 42.6 Å². The lowest BCUT2D eigenvalue weighted by atomic mass is 10.1. The number of nitrogens with zero attached hydrogens (tertiary/aromatic N) is 6. The molecule has 4 heterocycles. The number of fused-ring (bicyclic) bond motifs is 1. The van der Waals surface area contributed by atoms with E-state index in [0.29, 0.717) is 17.2 Å². The van der Waals surface area contributed by atoms with Crippen LogP contribution < -0.4 is 10.6 Å². The van der Waals surface area contributed by atoms with Gasteiger partial charge in [0.15, 0.2) is 5.65 Å². The summed E-state index contributed by atoms with van der Waals surface area (Å²) in [5.41, 5.74) is 9.33. The first-order valence-corrected chi connectivity index (χ1v) is 10.1. The molecule has 0 unspecified atom stereocenters. The number of hydrogen-bond donors (Lipinski definition) is 1. The Morgan fingerprint density at radius 3 is 2.68 bits per heavy atom. The molecule has 0 spiro atoms. The van der Waals surface area contributed by atoms with Gasteiger partial charge in [0.25, 0.3) is 0 Å². The Bertz CT molecular complexity index is 1290. The zero-order valence-corrected chi connectivity index (χ0v) is 17.3. The van der Waals surface area contributed by atoms with Gasteiger partial charge < -0.3 is 15.2 Å². The first kappa shape index (κ1) is 19.2. The Kier molecular flexibility index (Phi) is 4.46. The minimum absolute atomic E-state index is 0.292. The third kappa shape index (κ3) is 3.22. The molecule has 2 N–H and O–H groups in total. The number of anilines is 1. The third-order valence-electron chi connectivity index (χ3n) is 5.86. The molecule has 4 aromatic rings. The molecule has 1 aliphatic rings. The molecule has 1 fully saturated rings. The van der Waals surface area contributed by atoms with E-state index >= 15 is 0 Å². The summed E-state index contributed by atoms with van der Waals surface area (Å²) in [6.07, 6.45) is 3.45. The van der Waals surface area contributed by atoms with Gasteiger partial charge in [-0.1, -0.05) is 0 Å². The van der Waals surface area contributed by atoms with Gasteiger partial charge in [-0.2, -0.15) is 5.10 Å². The lowest BCUT2D eigenvalue weighted by molar-refractivity contribution is -0.119. The zero-order valence-electron chi connectivity index (χ0n) is 17.3. The van der Waals surface area contributed by atoms with Gasteiger partial charge in [0, 0.05) is 19.2 Å². The van der Waals surface area contributed by atoms with Crippen LogP contribution in [0.2, 0.25) is 0 Å². The van der Waals surface area contributed by atoms with Crippen molar-refractivity contribution in [3.8, 4) is 22.6 Å². The fraction of sp³-hybridized carbons (Fsp3) is 0.273. The summed E-state index contributed by atoms with van der Waals surface area (Å²) < 4.78 is 17.1. The molecule has 1 aromatic carbocycles. The molecule has 158 valence electrons. The van der Waals surface area contributed by atoms with Gasteiger partial charge in [-0.05, 0) is 56.2 Å². The standard InChI is InChI=1S/C22H22FN7O/c1-13-25-20(14-5-7-15(23)8-6-14)21(28(13)2)16-9-10-18-26-19(12-30(18)27-16)29-11-3-4-17(29)22(24)31/h5-10,12,17H,3-4,11H2,1-2H3,(H2,24,31)/t17-/m0/s1. The van der Waals surface area contributed by atoms with Gasteiger partial charge in [0.1, 0.15) is 29.2 Å². The third-order valence-corrected chi connectivity index (χ3v) is 5.86. The quantitative estimate of drug-likeness (QED) is 0.549. The van der Waals surface area contributed by atoms with E-state index in [1.165, 1.54) is 12.1 Å². The summed E-state index contributed by atoms with van der Waals surface area (Å²) in [6, 6.07) is 9.72. The Morgan fingerprint density at radius 2 is 1.94 bits per heavy atom. The predicted molar refractivity (Wildman–Crippen MR) is 115 cm³/mol. The van der Waals surface area contributed by atoms with Crippen molar-refractivity contribution < 1.29 is 9.18 Å². The van der Waals surface area contributed by atoms with Gasteiger partial charge in [0.2, 0.25) is 5.91 Å². The molecule has 0 aliphatic carbocycles. The van der Waals surface area contributed by atoms with Gasteiger partial charge >= 0.3 is 0 Å². The smallest absolute Gasteiger partial charge is 0.240 e. The number of nitrogens with two attached hydrogens (primary N) is 1. The highest BCUT2D eigenvalue weighted by Gasteiger charge is 2.31. The first-order chi connectivity index (χ1) is 14.9. The van der Waals surface area contributed by atoms with Crippen molar-refractivity contribution in [1.82, 2.24) is 24.1 Å². The van der Waals surface area contributed by atoms with Crippen molar-refractivity contribution in [1.29, 1.82) is 0 Å². The Labute approximate surface area is 178 Å². The average molecular weight is 419 g/mol. The molecule has 1 atom stereocenters. The maximum absolute atomic E-state index is 13.4. The van der Waals surface area contributed by atoms with Crippen LogP contribution in [0.15, 0.2) is 42.6 Å². The predicted octanol–water partition coefficient (Wildman–Crippen LogP) is 2.70. The molecule has 0 saturated carbocycles. The van der Waals surface area contributed by atoms with E-state index in [0.717, 1.165) is 42.2 Å². The first-order valence-electron chi connectivity index (χ1n) is 10.1. The van der Waals surface area contributed by atoms with E-state index in [2.05, 4.69) is 9.97 Å². The lowest BCUT2D eigenvalue weighted by Crippen LogP contribution is -2.40. The second-order valence-corrected chi connectivity index (χ2v) is 7.80. The summed E-state index contributed by atoms with van der Waals surface area (Å²) in [7, 11) is 1.93. The molecule has 1 saturated heterocycles. The van der Waals surface area contributed by atoms with E-state index in [4.69, 9.17) is 10.8 Å². The Balaban J connectivity index is 1.59. The molecule has 31 heavy (non-hydrogen) atoms. The number of aryl methyl sites for hydroxylation is 1. The number of carbonyl (C=O) groups is 1. The Hall–Kier alpha value is -3.75. The van der Waals surface area contributed by atoms with Crippen molar-refractivity contribution in [2.75, 3.05) is 11.4 Å². The molecule has 1 amide bonds. The summed E-state index contributed by atoms with van der Waals surface area (Å²) in [5, 5.41) is 4.76.